The highest BCUT2D eigenvalue weighted by atomic mass is 16.2. The summed E-state index contributed by atoms with van der Waals surface area (Å²) in [6.07, 6.45) is 7.71. The maximum absolute atomic E-state index is 12.0. The Labute approximate surface area is 134 Å². The predicted molar refractivity (Wildman–Crippen MR) is 86.6 cm³/mol. The minimum absolute atomic E-state index is 0.0147. The first-order valence-corrected chi connectivity index (χ1v) is 8.48. The van der Waals surface area contributed by atoms with E-state index in [1.165, 1.54) is 32.1 Å². The van der Waals surface area contributed by atoms with Crippen molar-refractivity contribution in [3.8, 4) is 0 Å². The van der Waals surface area contributed by atoms with Gasteiger partial charge in [0.15, 0.2) is 0 Å². The second-order valence-corrected chi connectivity index (χ2v) is 6.65. The fourth-order valence-corrected chi connectivity index (χ4v) is 3.73. The smallest absolute Gasteiger partial charge is 0.326 e. The van der Waals surface area contributed by atoms with Gasteiger partial charge in [0, 0.05) is 25.2 Å². The summed E-state index contributed by atoms with van der Waals surface area (Å²) < 4.78 is 0. The van der Waals surface area contributed by atoms with Crippen LogP contribution in [0, 0.1) is 5.92 Å². The largest absolute Gasteiger partial charge is 0.350 e. The standard InChI is InChI=1S/C16H24N4O3/c21-14-8-13(18-16(23)19-14)15(22)17-9-11-6-7-20(10-11)12-4-2-1-3-5-12/h8,11-12H,1-7,9-10H2,(H,17,22)(H2,18,19,21,23)/t11-/m1/s1. The average Bonchev–Trinajstić information content (AvgIpc) is 3.01. The predicted octanol–water partition coefficient (Wildman–Crippen LogP) is 0.448. The second kappa shape index (κ2) is 7.12. The van der Waals surface area contributed by atoms with E-state index in [0.717, 1.165) is 25.6 Å². The third kappa shape index (κ3) is 4.10. The number of carbonyl (C=O) groups is 1. The maximum atomic E-state index is 12.0. The summed E-state index contributed by atoms with van der Waals surface area (Å²) >= 11 is 0. The lowest BCUT2D eigenvalue weighted by Crippen LogP contribution is -2.37. The molecule has 0 bridgehead atoms. The van der Waals surface area contributed by atoms with Crippen LogP contribution in [-0.4, -0.2) is 46.5 Å². The minimum atomic E-state index is -0.660. The lowest BCUT2D eigenvalue weighted by molar-refractivity contribution is 0.0940. The topological polar surface area (TPSA) is 98.1 Å². The van der Waals surface area contributed by atoms with Crippen LogP contribution in [0.25, 0.3) is 0 Å². The summed E-state index contributed by atoms with van der Waals surface area (Å²) in [6.45, 7) is 2.71. The van der Waals surface area contributed by atoms with Crippen molar-refractivity contribution in [2.75, 3.05) is 19.6 Å². The summed E-state index contributed by atoms with van der Waals surface area (Å²) in [5.74, 6) is 0.0407. The maximum Gasteiger partial charge on any atom is 0.326 e. The Balaban J connectivity index is 1.50. The summed E-state index contributed by atoms with van der Waals surface area (Å²) in [4.78, 5) is 41.4. The molecule has 7 nitrogen and oxygen atoms in total. The number of carbonyl (C=O) groups excluding carboxylic acids is 1. The van der Waals surface area contributed by atoms with Gasteiger partial charge in [-0.2, -0.15) is 0 Å². The zero-order valence-corrected chi connectivity index (χ0v) is 13.3. The van der Waals surface area contributed by atoms with Gasteiger partial charge in [-0.25, -0.2) is 4.79 Å². The zero-order valence-electron chi connectivity index (χ0n) is 13.3. The molecular formula is C16H24N4O3. The minimum Gasteiger partial charge on any atom is -0.350 e. The van der Waals surface area contributed by atoms with Gasteiger partial charge in [0.1, 0.15) is 5.69 Å². The highest BCUT2D eigenvalue weighted by Gasteiger charge is 2.29. The van der Waals surface area contributed by atoms with Gasteiger partial charge in [-0.15, -0.1) is 0 Å². The van der Waals surface area contributed by atoms with Gasteiger partial charge in [-0.05, 0) is 31.7 Å². The molecule has 23 heavy (non-hydrogen) atoms. The van der Waals surface area contributed by atoms with E-state index >= 15 is 0 Å². The van der Waals surface area contributed by atoms with E-state index in [-0.39, 0.29) is 5.69 Å². The molecule has 1 amide bonds. The van der Waals surface area contributed by atoms with Crippen LogP contribution in [-0.2, 0) is 0 Å². The number of likely N-dealkylation sites (tertiary alicyclic amines) is 1. The number of aromatic amines is 2. The van der Waals surface area contributed by atoms with E-state index in [9.17, 15) is 14.4 Å². The van der Waals surface area contributed by atoms with Crippen molar-refractivity contribution in [3.05, 3.63) is 32.6 Å². The summed E-state index contributed by atoms with van der Waals surface area (Å²) in [6, 6.07) is 1.83. The molecule has 1 aromatic heterocycles. The molecule has 0 aromatic carbocycles. The Morgan fingerprint density at radius 3 is 2.70 bits per heavy atom. The molecule has 126 valence electrons. The van der Waals surface area contributed by atoms with Crippen LogP contribution in [0.5, 0.6) is 0 Å². The second-order valence-electron chi connectivity index (χ2n) is 6.65. The highest BCUT2D eigenvalue weighted by molar-refractivity contribution is 5.91. The summed E-state index contributed by atoms with van der Waals surface area (Å²) in [7, 11) is 0. The van der Waals surface area contributed by atoms with Crippen molar-refractivity contribution < 1.29 is 4.79 Å². The number of amides is 1. The third-order valence-corrected chi connectivity index (χ3v) is 4.96. The first-order valence-electron chi connectivity index (χ1n) is 8.48. The third-order valence-electron chi connectivity index (χ3n) is 4.96. The van der Waals surface area contributed by atoms with Crippen LogP contribution < -0.4 is 16.6 Å². The normalized spacial score (nSPS) is 23.0. The van der Waals surface area contributed by atoms with Crippen LogP contribution in [0.3, 0.4) is 0 Å². The van der Waals surface area contributed by atoms with Crippen LogP contribution in [0.1, 0.15) is 49.0 Å². The van der Waals surface area contributed by atoms with Gasteiger partial charge in [-0.1, -0.05) is 19.3 Å². The number of hydrogen-bond acceptors (Lipinski definition) is 4. The van der Waals surface area contributed by atoms with Gasteiger partial charge >= 0.3 is 5.69 Å². The number of rotatable bonds is 4. The van der Waals surface area contributed by atoms with Crippen LogP contribution in [0.4, 0.5) is 0 Å². The van der Waals surface area contributed by atoms with Crippen LogP contribution in [0.15, 0.2) is 15.7 Å². The molecule has 0 radical (unpaired) electrons. The van der Waals surface area contributed by atoms with Crippen LogP contribution >= 0.6 is 0 Å². The Kier molecular flexibility index (Phi) is 4.95. The molecule has 3 rings (SSSR count). The molecular weight excluding hydrogens is 296 g/mol. The Bertz CT molecular complexity index is 632. The van der Waals surface area contributed by atoms with Gasteiger partial charge < -0.3 is 15.2 Å². The van der Waals surface area contributed by atoms with E-state index in [1.807, 2.05) is 0 Å². The van der Waals surface area contributed by atoms with Gasteiger partial charge in [0.25, 0.3) is 11.5 Å². The number of nitrogens with one attached hydrogen (secondary N) is 3. The Morgan fingerprint density at radius 2 is 1.96 bits per heavy atom. The van der Waals surface area contributed by atoms with Crippen LogP contribution in [0.2, 0.25) is 0 Å². The van der Waals surface area contributed by atoms with Gasteiger partial charge in [-0.3, -0.25) is 14.6 Å². The first kappa shape index (κ1) is 16.0. The van der Waals surface area contributed by atoms with E-state index in [2.05, 4.69) is 20.2 Å². The molecule has 7 heteroatoms. The molecule has 2 fully saturated rings. The van der Waals surface area contributed by atoms with Crippen molar-refractivity contribution in [2.24, 2.45) is 5.92 Å². The molecule has 1 saturated heterocycles. The van der Waals surface area contributed by atoms with Crippen molar-refractivity contribution in [1.29, 1.82) is 0 Å². The molecule has 2 heterocycles. The van der Waals surface area contributed by atoms with E-state index < -0.39 is 17.2 Å². The fraction of sp³-hybridized carbons (Fsp3) is 0.688. The summed E-state index contributed by atoms with van der Waals surface area (Å²) in [5, 5.41) is 2.83. The molecule has 1 saturated carbocycles. The van der Waals surface area contributed by atoms with Crippen molar-refractivity contribution in [1.82, 2.24) is 20.2 Å². The molecule has 1 aliphatic heterocycles. The number of aromatic nitrogens is 2. The van der Waals surface area contributed by atoms with Crippen molar-refractivity contribution >= 4 is 5.91 Å². The molecule has 3 N–H and O–H groups in total. The highest BCUT2D eigenvalue weighted by Crippen LogP contribution is 2.27. The Hall–Kier alpha value is -1.89. The van der Waals surface area contributed by atoms with E-state index in [4.69, 9.17) is 0 Å². The van der Waals surface area contributed by atoms with Gasteiger partial charge in [0.05, 0.1) is 0 Å². The lowest BCUT2D eigenvalue weighted by atomic mass is 9.94. The molecule has 1 aromatic rings. The van der Waals surface area contributed by atoms with Crippen molar-refractivity contribution in [3.63, 3.8) is 0 Å². The average molecular weight is 320 g/mol. The number of H-pyrrole nitrogens is 2. The fourth-order valence-electron chi connectivity index (χ4n) is 3.73. The SMILES string of the molecule is O=C(NC[C@H]1CCN(C2CCCCC2)C1)c1cc(=O)[nH]c(=O)[nH]1. The lowest BCUT2D eigenvalue weighted by Gasteiger charge is -2.31. The zero-order chi connectivity index (χ0) is 16.2. The van der Waals surface area contributed by atoms with Crippen molar-refractivity contribution in [2.45, 2.75) is 44.6 Å². The van der Waals surface area contributed by atoms with E-state index in [1.54, 1.807) is 0 Å². The molecule has 2 aliphatic rings. The number of hydrogen-bond donors (Lipinski definition) is 3. The molecule has 0 unspecified atom stereocenters. The quantitative estimate of drug-likeness (QED) is 0.750. The monoisotopic (exact) mass is 320 g/mol. The summed E-state index contributed by atoms with van der Waals surface area (Å²) in [5.41, 5.74) is -1.21. The Morgan fingerprint density at radius 1 is 1.17 bits per heavy atom. The van der Waals surface area contributed by atoms with Gasteiger partial charge in [0.2, 0.25) is 0 Å². The molecule has 1 aliphatic carbocycles. The first-order chi connectivity index (χ1) is 11.1. The molecule has 1 atom stereocenters. The number of nitrogens with zero attached hydrogens (tertiary/aromatic N) is 1. The molecule has 0 spiro atoms. The van der Waals surface area contributed by atoms with E-state index in [0.29, 0.717) is 18.5 Å².